The van der Waals surface area contributed by atoms with E-state index in [0.717, 1.165) is 12.3 Å². The van der Waals surface area contributed by atoms with Crippen LogP contribution in [0.4, 0.5) is 0 Å². The van der Waals surface area contributed by atoms with Gasteiger partial charge in [-0.15, -0.1) is 10.2 Å². The van der Waals surface area contributed by atoms with Crippen molar-refractivity contribution in [3.05, 3.63) is 36.7 Å². The van der Waals surface area contributed by atoms with Gasteiger partial charge >= 0.3 is 0 Å². The van der Waals surface area contributed by atoms with Crippen LogP contribution in [0, 0.1) is 0 Å². The van der Waals surface area contributed by atoms with Crippen molar-refractivity contribution in [2.24, 2.45) is 0 Å². The highest BCUT2D eigenvalue weighted by Gasteiger charge is 2.14. The van der Waals surface area contributed by atoms with Crippen LogP contribution < -0.4 is 4.74 Å². The number of hydrogen-bond donors (Lipinski definition) is 0. The highest BCUT2D eigenvalue weighted by atomic mass is 16.5. The van der Waals surface area contributed by atoms with Crippen LogP contribution in [0.3, 0.4) is 0 Å². The minimum Gasteiger partial charge on any atom is -0.474 e. The molecule has 0 unspecified atom stereocenters. The number of hydrogen-bond acceptors (Lipinski definition) is 5. The first-order chi connectivity index (χ1) is 9.88. The minimum atomic E-state index is 0.406. The lowest BCUT2D eigenvalue weighted by atomic mass is 9.98. The molecule has 0 spiro atoms. The Morgan fingerprint density at radius 3 is 2.65 bits per heavy atom. The summed E-state index contributed by atoms with van der Waals surface area (Å²) in [5, 5.41) is 7.09. The molecule has 5 nitrogen and oxygen atoms in total. The Bertz CT molecular complexity index is 453. The summed E-state index contributed by atoms with van der Waals surface area (Å²) in [6.45, 7) is 1.97. The van der Waals surface area contributed by atoms with E-state index in [1.54, 1.807) is 6.20 Å². The number of rotatable bonds is 3. The van der Waals surface area contributed by atoms with Crippen molar-refractivity contribution in [2.75, 3.05) is 0 Å². The van der Waals surface area contributed by atoms with Gasteiger partial charge in [-0.05, 0) is 31.7 Å². The molecule has 0 saturated heterocycles. The third-order valence-corrected chi connectivity index (χ3v) is 3.18. The fraction of sp³-hybridized carbons (Fsp3) is 0.533. The summed E-state index contributed by atoms with van der Waals surface area (Å²) in [7, 11) is 0. The molecule has 0 radical (unpaired) electrons. The second kappa shape index (κ2) is 8.30. The lowest BCUT2D eigenvalue weighted by Gasteiger charge is -2.22. The van der Waals surface area contributed by atoms with E-state index in [4.69, 9.17) is 9.15 Å². The number of pyridine rings is 1. The maximum absolute atomic E-state index is 5.74. The van der Waals surface area contributed by atoms with Gasteiger partial charge in [0.05, 0.1) is 0 Å². The van der Waals surface area contributed by atoms with E-state index in [1.165, 1.54) is 38.5 Å². The molecule has 2 aromatic rings. The zero-order chi connectivity index (χ0) is 14.0. The fourth-order valence-electron chi connectivity index (χ4n) is 2.12. The van der Waals surface area contributed by atoms with E-state index in [-0.39, 0.29) is 0 Å². The largest absolute Gasteiger partial charge is 0.474 e. The second-order valence-corrected chi connectivity index (χ2v) is 4.73. The van der Waals surface area contributed by atoms with Crippen LogP contribution in [0.1, 0.15) is 44.9 Å². The highest BCUT2D eigenvalue weighted by Crippen LogP contribution is 2.21. The van der Waals surface area contributed by atoms with Gasteiger partial charge in [-0.2, -0.15) is 0 Å². The van der Waals surface area contributed by atoms with Gasteiger partial charge in [-0.3, -0.25) is 0 Å². The van der Waals surface area contributed by atoms with Gasteiger partial charge < -0.3 is 9.15 Å². The quantitative estimate of drug-likeness (QED) is 0.858. The van der Waals surface area contributed by atoms with Crippen LogP contribution in [-0.2, 0) is 6.42 Å². The highest BCUT2D eigenvalue weighted by molar-refractivity contribution is 5.09. The average Bonchev–Trinajstić information content (AvgIpc) is 3.03. The molecule has 0 bridgehead atoms. The second-order valence-electron chi connectivity index (χ2n) is 4.73. The van der Waals surface area contributed by atoms with Gasteiger partial charge in [0, 0.05) is 18.7 Å². The van der Waals surface area contributed by atoms with E-state index in [9.17, 15) is 0 Å². The summed E-state index contributed by atoms with van der Waals surface area (Å²) in [6.07, 6.45) is 10.7. The van der Waals surface area contributed by atoms with Crippen LogP contribution >= 0.6 is 0 Å². The molecule has 1 aliphatic rings. The summed E-state index contributed by atoms with van der Waals surface area (Å²) < 4.78 is 10.5. The first-order valence-electron chi connectivity index (χ1n) is 7.21. The molecule has 0 amide bonds. The Hall–Kier alpha value is -1.91. The van der Waals surface area contributed by atoms with Crippen LogP contribution in [0.2, 0.25) is 0 Å². The van der Waals surface area contributed by atoms with Gasteiger partial charge in [0.25, 0.3) is 0 Å². The molecule has 5 heteroatoms. The van der Waals surface area contributed by atoms with Crippen molar-refractivity contribution in [2.45, 2.75) is 51.6 Å². The molecule has 108 valence electrons. The molecule has 0 aliphatic heterocycles. The molecule has 2 heterocycles. The lowest BCUT2D eigenvalue weighted by Crippen LogP contribution is -2.19. The lowest BCUT2D eigenvalue weighted by molar-refractivity contribution is 0.148. The van der Waals surface area contributed by atoms with Crippen LogP contribution in [0.15, 0.2) is 35.2 Å². The van der Waals surface area contributed by atoms with Crippen molar-refractivity contribution in [1.82, 2.24) is 15.2 Å². The van der Waals surface area contributed by atoms with Crippen LogP contribution in [0.25, 0.3) is 0 Å². The Labute approximate surface area is 119 Å². The third-order valence-electron chi connectivity index (χ3n) is 3.18. The SMILES string of the molecule is CCc1nnco1.c1ccc(OC2CCCCC2)nc1. The number of aryl methyl sites for hydroxylation is 1. The summed E-state index contributed by atoms with van der Waals surface area (Å²) in [6, 6.07) is 5.80. The molecule has 1 aliphatic carbocycles. The maximum Gasteiger partial charge on any atom is 0.215 e. The summed E-state index contributed by atoms with van der Waals surface area (Å²) in [4.78, 5) is 4.15. The van der Waals surface area contributed by atoms with E-state index in [1.807, 2.05) is 25.1 Å². The molecule has 2 aromatic heterocycles. The number of nitrogens with zero attached hydrogens (tertiary/aromatic N) is 3. The van der Waals surface area contributed by atoms with Crippen molar-refractivity contribution in [3.8, 4) is 5.88 Å². The van der Waals surface area contributed by atoms with Crippen molar-refractivity contribution < 1.29 is 9.15 Å². The first kappa shape index (κ1) is 14.5. The van der Waals surface area contributed by atoms with Crippen LogP contribution in [0.5, 0.6) is 5.88 Å². The smallest absolute Gasteiger partial charge is 0.215 e. The molecule has 3 rings (SSSR count). The van der Waals surface area contributed by atoms with Crippen molar-refractivity contribution >= 4 is 0 Å². The van der Waals surface area contributed by atoms with Gasteiger partial charge in [-0.1, -0.05) is 19.4 Å². The Kier molecular flexibility index (Phi) is 6.02. The summed E-state index contributed by atoms with van der Waals surface area (Å²) in [5.74, 6) is 1.47. The number of ether oxygens (including phenoxy) is 1. The fourth-order valence-corrected chi connectivity index (χ4v) is 2.12. The Balaban J connectivity index is 0.000000178. The van der Waals surface area contributed by atoms with E-state index in [2.05, 4.69) is 15.2 Å². The van der Waals surface area contributed by atoms with E-state index >= 15 is 0 Å². The topological polar surface area (TPSA) is 61.0 Å². The molecule has 0 aromatic carbocycles. The van der Waals surface area contributed by atoms with Gasteiger partial charge in [-0.25, -0.2) is 4.98 Å². The molecular weight excluding hydrogens is 254 g/mol. The Morgan fingerprint density at radius 1 is 1.25 bits per heavy atom. The van der Waals surface area contributed by atoms with Crippen LogP contribution in [-0.4, -0.2) is 21.3 Å². The monoisotopic (exact) mass is 275 g/mol. The molecule has 1 fully saturated rings. The zero-order valence-electron chi connectivity index (χ0n) is 11.9. The first-order valence-corrected chi connectivity index (χ1v) is 7.21. The number of aromatic nitrogens is 3. The third kappa shape index (κ3) is 4.99. The minimum absolute atomic E-state index is 0.406. The predicted octanol–water partition coefficient (Wildman–Crippen LogP) is 3.43. The van der Waals surface area contributed by atoms with E-state index in [0.29, 0.717) is 12.0 Å². The van der Waals surface area contributed by atoms with Crippen molar-refractivity contribution in [3.63, 3.8) is 0 Å². The maximum atomic E-state index is 5.74. The molecule has 0 atom stereocenters. The summed E-state index contributed by atoms with van der Waals surface area (Å²) >= 11 is 0. The molecule has 1 saturated carbocycles. The van der Waals surface area contributed by atoms with Gasteiger partial charge in [0.15, 0.2) is 0 Å². The summed E-state index contributed by atoms with van der Waals surface area (Å²) in [5.41, 5.74) is 0. The average molecular weight is 275 g/mol. The van der Waals surface area contributed by atoms with E-state index < -0.39 is 0 Å². The van der Waals surface area contributed by atoms with Crippen molar-refractivity contribution in [1.29, 1.82) is 0 Å². The Morgan fingerprint density at radius 2 is 2.10 bits per heavy atom. The predicted molar refractivity (Wildman–Crippen MR) is 75.4 cm³/mol. The standard InChI is InChI=1S/C11H15NO.C4H6N2O/c1-2-6-10(7-3-1)13-11-8-4-5-9-12-11;1-2-4-6-5-3-7-4/h4-5,8-10H,1-3,6-7H2;3H,2H2,1H3. The van der Waals surface area contributed by atoms with Gasteiger partial charge in [0.2, 0.25) is 18.2 Å². The van der Waals surface area contributed by atoms with Gasteiger partial charge in [0.1, 0.15) is 6.10 Å². The molecular formula is C15H21N3O2. The normalized spacial score (nSPS) is 15.2. The molecule has 20 heavy (non-hydrogen) atoms. The molecule has 0 N–H and O–H groups in total. The zero-order valence-corrected chi connectivity index (χ0v) is 11.9.